The fourth-order valence-electron chi connectivity index (χ4n) is 1.87. The maximum Gasteiger partial charge on any atom is 0.0393 e. The zero-order chi connectivity index (χ0) is 16.4. The van der Waals surface area contributed by atoms with Crippen LogP contribution in [0, 0.1) is 0 Å². The normalized spacial score (nSPS) is 12.6. The van der Waals surface area contributed by atoms with Gasteiger partial charge in [-0.15, -0.1) is 0 Å². The van der Waals surface area contributed by atoms with Gasteiger partial charge in [0.05, 0.1) is 0 Å². The topological polar surface area (TPSA) is 126 Å². The molecule has 2 rings (SSSR count). The molecule has 118 valence electrons. The highest BCUT2D eigenvalue weighted by Gasteiger charge is 2.19. The highest BCUT2D eigenvalue weighted by atomic mass is 32.2. The summed E-state index contributed by atoms with van der Waals surface area (Å²) in [6.07, 6.45) is 0. The molecule has 0 unspecified atom stereocenters. The van der Waals surface area contributed by atoms with Crippen molar-refractivity contribution in [3.8, 4) is 0 Å². The SMILES string of the molecule is O=P([O-])([O-])C(c1ccc(Sc2ccccc2)cc1)P(=O)([O-])[O-]. The Hall–Kier alpha value is -0.910. The van der Waals surface area contributed by atoms with Crippen LogP contribution in [0.1, 0.15) is 11.0 Å². The monoisotopic (exact) mass is 356 g/mol. The molecule has 0 fully saturated rings. The third-order valence-electron chi connectivity index (χ3n) is 2.76. The molecule has 9 heteroatoms. The lowest BCUT2D eigenvalue weighted by atomic mass is 10.2. The molecule has 0 atom stereocenters. The highest BCUT2D eigenvalue weighted by Crippen LogP contribution is 2.61. The van der Waals surface area contributed by atoms with Crippen LogP contribution in [0.25, 0.3) is 0 Å². The van der Waals surface area contributed by atoms with E-state index in [1.54, 1.807) is 0 Å². The highest BCUT2D eigenvalue weighted by molar-refractivity contribution is 7.99. The van der Waals surface area contributed by atoms with Crippen LogP contribution in [0.15, 0.2) is 64.4 Å². The van der Waals surface area contributed by atoms with E-state index in [4.69, 9.17) is 0 Å². The van der Waals surface area contributed by atoms with Crippen LogP contribution in [0.4, 0.5) is 0 Å². The first kappa shape index (κ1) is 17.4. The number of rotatable bonds is 5. The number of hydrogen-bond acceptors (Lipinski definition) is 7. The molecule has 6 nitrogen and oxygen atoms in total. The van der Waals surface area contributed by atoms with Gasteiger partial charge in [-0.05, 0) is 29.8 Å². The molecular formula is C13H10O6P2S-4. The van der Waals surface area contributed by atoms with Crippen LogP contribution in [0.2, 0.25) is 0 Å². The van der Waals surface area contributed by atoms with E-state index in [-0.39, 0.29) is 5.56 Å². The fourth-order valence-corrected chi connectivity index (χ4v) is 5.17. The van der Waals surface area contributed by atoms with E-state index in [0.717, 1.165) is 4.90 Å². The third kappa shape index (κ3) is 4.54. The zero-order valence-electron chi connectivity index (χ0n) is 11.0. The van der Waals surface area contributed by atoms with E-state index in [1.807, 2.05) is 30.3 Å². The van der Waals surface area contributed by atoms with E-state index in [2.05, 4.69) is 0 Å². The molecule has 2 aromatic rings. The van der Waals surface area contributed by atoms with Gasteiger partial charge < -0.3 is 28.7 Å². The van der Waals surface area contributed by atoms with Crippen LogP contribution in [0.3, 0.4) is 0 Å². The van der Waals surface area contributed by atoms with Crippen LogP contribution in [-0.2, 0) is 9.13 Å². The molecule has 0 bridgehead atoms. The third-order valence-corrected chi connectivity index (χ3v) is 7.26. The Balaban J connectivity index is 2.27. The summed E-state index contributed by atoms with van der Waals surface area (Å²) in [7, 11) is -11.2. The molecule has 2 aromatic carbocycles. The van der Waals surface area contributed by atoms with Crippen LogP contribution >= 0.6 is 27.0 Å². The molecule has 0 saturated carbocycles. The van der Waals surface area contributed by atoms with Crippen molar-refractivity contribution in [2.75, 3.05) is 0 Å². The average Bonchev–Trinajstić information content (AvgIpc) is 2.39. The van der Waals surface area contributed by atoms with E-state index in [0.29, 0.717) is 4.90 Å². The Morgan fingerprint density at radius 1 is 0.727 bits per heavy atom. The van der Waals surface area contributed by atoms with Crippen molar-refractivity contribution in [1.29, 1.82) is 0 Å². The van der Waals surface area contributed by atoms with E-state index >= 15 is 0 Å². The number of hydrogen-bond donors (Lipinski definition) is 0. The van der Waals surface area contributed by atoms with Gasteiger partial charge in [-0.2, -0.15) is 0 Å². The summed E-state index contributed by atoms with van der Waals surface area (Å²) in [4.78, 5) is 45.8. The Bertz CT molecular complexity index is 700. The summed E-state index contributed by atoms with van der Waals surface area (Å²) in [5.41, 5.74) is -0.334. The standard InChI is InChI=1S/C13H14O6P2S/c14-20(15,16)13(21(17,18)19)10-6-8-12(9-7-10)22-11-4-2-1-3-5-11/h1-9,13H,(H2,14,15,16)(H2,17,18,19)/p-4. The molecular weight excluding hydrogens is 346 g/mol. The van der Waals surface area contributed by atoms with Gasteiger partial charge in [0.25, 0.3) is 0 Å². The van der Waals surface area contributed by atoms with Crippen molar-refractivity contribution in [3.63, 3.8) is 0 Å². The van der Waals surface area contributed by atoms with Gasteiger partial charge in [0.2, 0.25) is 0 Å². The molecule has 0 amide bonds. The molecule has 0 spiro atoms. The average molecular weight is 356 g/mol. The Kier molecular flexibility index (Phi) is 5.30. The first-order valence-electron chi connectivity index (χ1n) is 6.04. The Labute approximate surface area is 131 Å². The minimum atomic E-state index is -5.60. The molecule has 0 radical (unpaired) electrons. The minimum Gasteiger partial charge on any atom is -0.810 e. The fraction of sp³-hybridized carbons (Fsp3) is 0.0769. The molecule has 0 aromatic heterocycles. The summed E-state index contributed by atoms with van der Waals surface area (Å²) in [6, 6.07) is 14.6. The lowest BCUT2D eigenvalue weighted by Crippen LogP contribution is -2.28. The smallest absolute Gasteiger partial charge is 0.0393 e. The molecule has 0 heterocycles. The molecule has 0 aliphatic rings. The lowest BCUT2D eigenvalue weighted by Gasteiger charge is -2.49. The summed E-state index contributed by atoms with van der Waals surface area (Å²) in [5.74, 6) is 0. The minimum absolute atomic E-state index is 0.334. The summed E-state index contributed by atoms with van der Waals surface area (Å²) < 4.78 is 22.1. The summed E-state index contributed by atoms with van der Waals surface area (Å²) in [5, 5.41) is -2.57. The Morgan fingerprint density at radius 3 is 1.64 bits per heavy atom. The summed E-state index contributed by atoms with van der Waals surface area (Å²) >= 11 is 1.37. The van der Waals surface area contributed by atoms with E-state index < -0.39 is 20.6 Å². The second kappa shape index (κ2) is 6.69. The predicted molar refractivity (Wildman–Crippen MR) is 75.0 cm³/mol. The van der Waals surface area contributed by atoms with Crippen molar-refractivity contribution in [1.82, 2.24) is 0 Å². The lowest BCUT2D eigenvalue weighted by molar-refractivity contribution is -0.330. The second-order valence-corrected chi connectivity index (χ2v) is 9.18. The van der Waals surface area contributed by atoms with Gasteiger partial charge in [0.1, 0.15) is 0 Å². The van der Waals surface area contributed by atoms with E-state index in [1.165, 1.54) is 36.0 Å². The van der Waals surface area contributed by atoms with Crippen LogP contribution < -0.4 is 19.6 Å². The van der Waals surface area contributed by atoms with E-state index in [9.17, 15) is 28.7 Å². The molecule has 0 aliphatic heterocycles. The second-order valence-electron chi connectivity index (χ2n) is 4.44. The van der Waals surface area contributed by atoms with Gasteiger partial charge in [0.15, 0.2) is 0 Å². The zero-order valence-corrected chi connectivity index (χ0v) is 13.6. The van der Waals surface area contributed by atoms with Gasteiger partial charge in [-0.3, -0.25) is 0 Å². The van der Waals surface area contributed by atoms with Crippen LogP contribution in [0.5, 0.6) is 0 Å². The molecule has 0 N–H and O–H groups in total. The quantitative estimate of drug-likeness (QED) is 0.720. The molecule has 22 heavy (non-hydrogen) atoms. The van der Waals surface area contributed by atoms with Gasteiger partial charge >= 0.3 is 0 Å². The van der Waals surface area contributed by atoms with Crippen molar-refractivity contribution < 1.29 is 28.7 Å². The maximum atomic E-state index is 11.0. The maximum absolute atomic E-state index is 11.0. The van der Waals surface area contributed by atoms with Crippen LogP contribution in [-0.4, -0.2) is 0 Å². The van der Waals surface area contributed by atoms with Gasteiger partial charge in [-0.1, -0.05) is 57.3 Å². The van der Waals surface area contributed by atoms with Crippen molar-refractivity contribution in [2.45, 2.75) is 15.2 Å². The predicted octanol–water partition coefficient (Wildman–Crippen LogP) is 0.664. The largest absolute Gasteiger partial charge is 0.810 e. The van der Waals surface area contributed by atoms with Crippen molar-refractivity contribution in [2.24, 2.45) is 0 Å². The van der Waals surface area contributed by atoms with Crippen molar-refractivity contribution in [3.05, 3.63) is 60.2 Å². The molecule has 0 saturated heterocycles. The first-order valence-corrected chi connectivity index (χ1v) is 10.1. The van der Waals surface area contributed by atoms with Crippen molar-refractivity contribution >= 4 is 27.0 Å². The molecule has 0 aliphatic carbocycles. The number of benzene rings is 2. The van der Waals surface area contributed by atoms with Gasteiger partial charge in [-0.25, -0.2) is 0 Å². The first-order chi connectivity index (χ1) is 10.2. The Morgan fingerprint density at radius 2 is 1.18 bits per heavy atom. The van der Waals surface area contributed by atoms with Gasteiger partial charge in [0, 0.05) is 15.2 Å². The summed E-state index contributed by atoms with van der Waals surface area (Å²) in [6.45, 7) is 0.